The lowest BCUT2D eigenvalue weighted by Gasteiger charge is -2.17. The van der Waals surface area contributed by atoms with Crippen molar-refractivity contribution in [3.05, 3.63) is 94.0 Å². The van der Waals surface area contributed by atoms with Gasteiger partial charge in [-0.3, -0.25) is 0 Å². The van der Waals surface area contributed by atoms with Crippen LogP contribution >= 0.6 is 0 Å². The number of ether oxygens (including phenoxy) is 2. The molecule has 3 aromatic carbocycles. The van der Waals surface area contributed by atoms with E-state index in [2.05, 4.69) is 6.92 Å². The molecular weight excluding hydrogens is 446 g/mol. The van der Waals surface area contributed by atoms with Crippen LogP contribution in [-0.2, 0) is 32.0 Å². The van der Waals surface area contributed by atoms with Crippen LogP contribution in [0.4, 0.5) is 26.3 Å². The monoisotopic (exact) mass is 468 g/mol. The Morgan fingerprint density at radius 2 is 1.30 bits per heavy atom. The number of hydrogen-bond donors (Lipinski definition) is 0. The Morgan fingerprint density at radius 3 is 1.88 bits per heavy atom. The molecule has 0 heterocycles. The Bertz CT molecular complexity index is 1100. The third-order valence-electron chi connectivity index (χ3n) is 5.20. The highest BCUT2D eigenvalue weighted by Gasteiger charge is 2.38. The van der Waals surface area contributed by atoms with Crippen molar-refractivity contribution in [3.8, 4) is 11.5 Å². The smallest absolute Gasteiger partial charge is 0.416 e. The van der Waals surface area contributed by atoms with Gasteiger partial charge in [-0.25, -0.2) is 0 Å². The molecule has 0 saturated carbocycles. The lowest BCUT2D eigenvalue weighted by molar-refractivity contribution is -0.143. The first-order valence-corrected chi connectivity index (χ1v) is 10.2. The second kappa shape index (κ2) is 9.77. The van der Waals surface area contributed by atoms with Crippen molar-refractivity contribution in [2.24, 2.45) is 0 Å². The molecule has 0 aliphatic carbocycles. The Kier molecular flexibility index (Phi) is 7.25. The molecule has 0 aromatic heterocycles. The quantitative estimate of drug-likeness (QED) is 0.330. The van der Waals surface area contributed by atoms with Crippen LogP contribution in [0.2, 0.25) is 0 Å². The van der Waals surface area contributed by atoms with Crippen LogP contribution in [0.25, 0.3) is 0 Å². The normalized spacial score (nSPS) is 12.0. The molecule has 0 aliphatic heterocycles. The van der Waals surface area contributed by atoms with Gasteiger partial charge in [-0.05, 0) is 54.3 Å². The minimum absolute atomic E-state index is 0.103. The van der Waals surface area contributed by atoms with E-state index < -0.39 is 35.6 Å². The highest BCUT2D eigenvalue weighted by molar-refractivity contribution is 5.38. The molecule has 0 amide bonds. The van der Waals surface area contributed by atoms with Crippen molar-refractivity contribution in [1.29, 1.82) is 0 Å². The summed E-state index contributed by atoms with van der Waals surface area (Å²) < 4.78 is 89.7. The second-order valence-corrected chi connectivity index (χ2v) is 7.49. The summed E-state index contributed by atoms with van der Waals surface area (Å²) in [6.45, 7) is 3.84. The maximum absolute atomic E-state index is 13.3. The maximum atomic E-state index is 13.3. The van der Waals surface area contributed by atoms with Gasteiger partial charge in [0, 0.05) is 11.6 Å². The summed E-state index contributed by atoms with van der Waals surface area (Å²) in [6, 6.07) is 13.8. The van der Waals surface area contributed by atoms with E-state index in [1.54, 1.807) is 12.1 Å². The first-order valence-electron chi connectivity index (χ1n) is 10.2. The Balaban J connectivity index is 1.73. The number of rotatable bonds is 7. The third kappa shape index (κ3) is 6.21. The highest BCUT2D eigenvalue weighted by Crippen LogP contribution is 2.37. The molecule has 3 rings (SSSR count). The molecular formula is C25H22F6O2. The molecule has 33 heavy (non-hydrogen) atoms. The lowest BCUT2D eigenvalue weighted by atomic mass is 10.0. The maximum Gasteiger partial charge on any atom is 0.416 e. The predicted octanol–water partition coefficient (Wildman–Crippen LogP) is 7.75. The van der Waals surface area contributed by atoms with E-state index in [1.807, 2.05) is 25.1 Å². The van der Waals surface area contributed by atoms with Crippen molar-refractivity contribution >= 4 is 0 Å². The summed E-state index contributed by atoms with van der Waals surface area (Å²) in [5.41, 5.74) is 0.241. The zero-order valence-corrected chi connectivity index (χ0v) is 18.0. The minimum Gasteiger partial charge on any atom is -0.489 e. The van der Waals surface area contributed by atoms with Gasteiger partial charge in [-0.15, -0.1) is 0 Å². The number of benzene rings is 3. The number of alkyl halides is 6. The number of hydrogen-bond acceptors (Lipinski definition) is 2. The molecule has 0 fully saturated rings. The molecule has 8 heteroatoms. The van der Waals surface area contributed by atoms with Crippen LogP contribution in [0.15, 0.2) is 60.7 Å². The van der Waals surface area contributed by atoms with Gasteiger partial charge in [0.15, 0.2) is 0 Å². The summed E-state index contributed by atoms with van der Waals surface area (Å²) in [7, 11) is 0. The zero-order chi connectivity index (χ0) is 24.2. The van der Waals surface area contributed by atoms with Gasteiger partial charge >= 0.3 is 12.4 Å². The van der Waals surface area contributed by atoms with E-state index in [0.29, 0.717) is 18.4 Å². The van der Waals surface area contributed by atoms with Crippen molar-refractivity contribution in [3.63, 3.8) is 0 Å². The van der Waals surface area contributed by atoms with E-state index in [1.165, 1.54) is 17.7 Å². The summed E-state index contributed by atoms with van der Waals surface area (Å²) in [4.78, 5) is 0. The zero-order valence-electron chi connectivity index (χ0n) is 18.0. The Hall–Kier alpha value is -3.16. The summed E-state index contributed by atoms with van der Waals surface area (Å²) in [5.74, 6) is 0.694. The lowest BCUT2D eigenvalue weighted by Crippen LogP contribution is -2.14. The second-order valence-electron chi connectivity index (χ2n) is 7.49. The molecule has 0 unspecified atom stereocenters. The van der Waals surface area contributed by atoms with Crippen LogP contribution in [0.1, 0.15) is 40.3 Å². The first-order chi connectivity index (χ1) is 15.5. The summed E-state index contributed by atoms with van der Waals surface area (Å²) in [5, 5.41) is 0. The van der Waals surface area contributed by atoms with Gasteiger partial charge in [-0.2, -0.15) is 26.3 Å². The third-order valence-corrected chi connectivity index (χ3v) is 5.20. The Morgan fingerprint density at radius 1 is 0.697 bits per heavy atom. The average Bonchev–Trinajstić information content (AvgIpc) is 2.75. The van der Waals surface area contributed by atoms with Crippen molar-refractivity contribution in [1.82, 2.24) is 0 Å². The van der Waals surface area contributed by atoms with Gasteiger partial charge in [0.1, 0.15) is 24.7 Å². The van der Waals surface area contributed by atoms with Crippen molar-refractivity contribution < 1.29 is 35.8 Å². The molecule has 0 saturated heterocycles. The van der Waals surface area contributed by atoms with E-state index in [9.17, 15) is 26.3 Å². The minimum atomic E-state index is -4.95. The molecule has 3 aromatic rings. The van der Waals surface area contributed by atoms with Crippen molar-refractivity contribution in [2.45, 2.75) is 45.8 Å². The first kappa shape index (κ1) is 24.5. The van der Waals surface area contributed by atoms with E-state index >= 15 is 0 Å². The van der Waals surface area contributed by atoms with Crippen LogP contribution in [0, 0.1) is 6.92 Å². The number of halogens is 6. The molecule has 2 nitrogen and oxygen atoms in total. The van der Waals surface area contributed by atoms with Gasteiger partial charge < -0.3 is 9.47 Å². The molecule has 0 N–H and O–H groups in total. The van der Waals surface area contributed by atoms with E-state index in [0.717, 1.165) is 23.6 Å². The van der Waals surface area contributed by atoms with Gasteiger partial charge in [0.2, 0.25) is 0 Å². The van der Waals surface area contributed by atoms with E-state index in [4.69, 9.17) is 9.47 Å². The fourth-order valence-electron chi connectivity index (χ4n) is 3.52. The summed E-state index contributed by atoms with van der Waals surface area (Å²) >= 11 is 0. The largest absolute Gasteiger partial charge is 0.489 e. The summed E-state index contributed by atoms with van der Waals surface area (Å²) in [6.07, 6.45) is -8.97. The molecule has 0 bridgehead atoms. The Labute approximate surface area is 187 Å². The van der Waals surface area contributed by atoms with Crippen LogP contribution in [0.3, 0.4) is 0 Å². The van der Waals surface area contributed by atoms with Gasteiger partial charge in [0.25, 0.3) is 0 Å². The molecule has 0 radical (unpaired) electrons. The fraction of sp³-hybridized carbons (Fsp3) is 0.280. The fourth-order valence-corrected chi connectivity index (χ4v) is 3.52. The van der Waals surface area contributed by atoms with E-state index in [-0.39, 0.29) is 11.8 Å². The van der Waals surface area contributed by atoms with Crippen LogP contribution in [0.5, 0.6) is 11.5 Å². The molecule has 0 spiro atoms. The SMILES string of the molecule is CCc1c(C)cccc1COc1cccc(OCc2ccc(C(F)(F)F)cc2C(F)(F)F)c1. The standard InChI is InChI=1S/C25H22F6O2/c1-3-22-16(2)6-4-7-17(22)14-32-20-8-5-9-21(13-20)33-15-18-10-11-19(24(26,27)28)12-23(18)25(29,30)31/h4-13H,3,14-15H2,1-2H3. The van der Waals surface area contributed by atoms with Gasteiger partial charge in [-0.1, -0.05) is 37.3 Å². The molecule has 0 aliphatic rings. The highest BCUT2D eigenvalue weighted by atomic mass is 19.4. The molecule has 176 valence electrons. The number of aryl methyl sites for hydroxylation is 1. The van der Waals surface area contributed by atoms with Crippen molar-refractivity contribution in [2.75, 3.05) is 0 Å². The average molecular weight is 468 g/mol. The predicted molar refractivity (Wildman–Crippen MR) is 112 cm³/mol. The van der Waals surface area contributed by atoms with Gasteiger partial charge in [0.05, 0.1) is 11.1 Å². The van der Waals surface area contributed by atoms with Crippen LogP contribution in [-0.4, -0.2) is 0 Å². The molecule has 0 atom stereocenters. The topological polar surface area (TPSA) is 18.5 Å². The van der Waals surface area contributed by atoms with Crippen LogP contribution < -0.4 is 9.47 Å².